The summed E-state index contributed by atoms with van der Waals surface area (Å²) < 4.78 is 0. The second kappa shape index (κ2) is 6.54. The topological polar surface area (TPSA) is 103 Å². The standard InChI is InChI=1S/C15H14Cl2N6/c16-9-1-3-11(17)8(5-9)6-20-7-10-2-4-12-13(21-10)14(18)23-15(19)22-12/h1-5,20H,6-7H2,(H4,18,19,22,23). The fraction of sp³-hybridized carbons (Fsp3) is 0.133. The number of aromatic nitrogens is 3. The average molecular weight is 349 g/mol. The Bertz CT molecular complexity index is 868. The predicted octanol–water partition coefficient (Wildman–Crippen LogP) is 2.79. The van der Waals surface area contributed by atoms with Gasteiger partial charge in [-0.05, 0) is 35.9 Å². The zero-order valence-corrected chi connectivity index (χ0v) is 13.6. The number of nitrogens with two attached hydrogens (primary N) is 2. The first kappa shape index (κ1) is 15.7. The first-order valence-electron chi connectivity index (χ1n) is 6.86. The quantitative estimate of drug-likeness (QED) is 0.669. The number of hydrogen-bond acceptors (Lipinski definition) is 6. The SMILES string of the molecule is Nc1nc(N)c2nc(CNCc3cc(Cl)ccc3Cl)ccc2n1. The number of nitrogens with zero attached hydrogens (tertiary/aromatic N) is 3. The van der Waals surface area contributed by atoms with Gasteiger partial charge in [-0.3, -0.25) is 0 Å². The first-order chi connectivity index (χ1) is 11.0. The van der Waals surface area contributed by atoms with Gasteiger partial charge in [-0.2, -0.15) is 4.98 Å². The molecule has 5 N–H and O–H groups in total. The van der Waals surface area contributed by atoms with Crippen molar-refractivity contribution in [3.8, 4) is 0 Å². The van der Waals surface area contributed by atoms with E-state index in [1.165, 1.54) is 0 Å². The molecular weight excluding hydrogens is 335 g/mol. The number of halogens is 2. The third kappa shape index (κ3) is 3.61. The highest BCUT2D eigenvalue weighted by Gasteiger charge is 2.07. The summed E-state index contributed by atoms with van der Waals surface area (Å²) in [5.41, 5.74) is 14.3. The molecule has 0 saturated heterocycles. The molecule has 0 spiro atoms. The molecule has 0 aliphatic rings. The minimum absolute atomic E-state index is 0.137. The van der Waals surface area contributed by atoms with Gasteiger partial charge in [0.25, 0.3) is 0 Å². The molecule has 3 rings (SSSR count). The normalized spacial score (nSPS) is 11.0. The van der Waals surface area contributed by atoms with Crippen LogP contribution < -0.4 is 16.8 Å². The molecule has 8 heteroatoms. The largest absolute Gasteiger partial charge is 0.382 e. The van der Waals surface area contributed by atoms with E-state index in [0.29, 0.717) is 34.2 Å². The highest BCUT2D eigenvalue weighted by molar-refractivity contribution is 6.33. The average Bonchev–Trinajstić information content (AvgIpc) is 2.51. The van der Waals surface area contributed by atoms with E-state index in [0.717, 1.165) is 11.3 Å². The monoisotopic (exact) mass is 348 g/mol. The summed E-state index contributed by atoms with van der Waals surface area (Å²) in [5, 5.41) is 4.59. The zero-order chi connectivity index (χ0) is 16.4. The van der Waals surface area contributed by atoms with Crippen LogP contribution >= 0.6 is 23.2 Å². The van der Waals surface area contributed by atoms with Gasteiger partial charge in [-0.15, -0.1) is 0 Å². The molecule has 0 atom stereocenters. The molecular formula is C15H14Cl2N6. The Morgan fingerprint density at radius 2 is 1.78 bits per heavy atom. The van der Waals surface area contributed by atoms with Gasteiger partial charge in [-0.1, -0.05) is 23.2 Å². The third-order valence-electron chi connectivity index (χ3n) is 3.27. The van der Waals surface area contributed by atoms with E-state index >= 15 is 0 Å². The lowest BCUT2D eigenvalue weighted by Gasteiger charge is -2.08. The molecule has 3 aromatic rings. The number of pyridine rings is 1. The molecule has 0 amide bonds. The van der Waals surface area contributed by atoms with Crippen LogP contribution in [0.15, 0.2) is 30.3 Å². The minimum Gasteiger partial charge on any atom is -0.382 e. The Morgan fingerprint density at radius 1 is 0.957 bits per heavy atom. The van der Waals surface area contributed by atoms with Crippen LogP contribution in [0.3, 0.4) is 0 Å². The molecule has 0 saturated carbocycles. The Labute approximate surface area is 142 Å². The van der Waals surface area contributed by atoms with Gasteiger partial charge in [0.15, 0.2) is 5.82 Å². The molecule has 0 bridgehead atoms. The van der Waals surface area contributed by atoms with Crippen LogP contribution in [0.5, 0.6) is 0 Å². The van der Waals surface area contributed by atoms with Crippen LogP contribution in [-0.4, -0.2) is 15.0 Å². The summed E-state index contributed by atoms with van der Waals surface area (Å²) in [6.07, 6.45) is 0. The number of anilines is 2. The fourth-order valence-corrected chi connectivity index (χ4v) is 2.58. The Hall–Kier alpha value is -2.15. The Morgan fingerprint density at radius 3 is 2.61 bits per heavy atom. The van der Waals surface area contributed by atoms with Crippen molar-refractivity contribution in [3.05, 3.63) is 51.6 Å². The minimum atomic E-state index is 0.137. The molecule has 118 valence electrons. The van der Waals surface area contributed by atoms with Gasteiger partial charge in [0, 0.05) is 23.1 Å². The molecule has 0 radical (unpaired) electrons. The van der Waals surface area contributed by atoms with E-state index in [4.69, 9.17) is 34.7 Å². The van der Waals surface area contributed by atoms with Crippen molar-refractivity contribution in [3.63, 3.8) is 0 Å². The molecule has 1 aromatic carbocycles. The maximum Gasteiger partial charge on any atom is 0.222 e. The smallest absolute Gasteiger partial charge is 0.222 e. The molecule has 2 heterocycles. The van der Waals surface area contributed by atoms with Crippen molar-refractivity contribution >= 4 is 46.0 Å². The molecule has 0 fully saturated rings. The highest BCUT2D eigenvalue weighted by atomic mass is 35.5. The molecule has 0 aliphatic carbocycles. The number of fused-ring (bicyclic) bond motifs is 1. The van der Waals surface area contributed by atoms with Gasteiger partial charge in [0.1, 0.15) is 5.52 Å². The fourth-order valence-electron chi connectivity index (χ4n) is 2.20. The van der Waals surface area contributed by atoms with E-state index in [9.17, 15) is 0 Å². The van der Waals surface area contributed by atoms with Crippen LogP contribution in [0.1, 0.15) is 11.3 Å². The maximum atomic E-state index is 6.13. The summed E-state index contributed by atoms with van der Waals surface area (Å²) in [6.45, 7) is 1.12. The Balaban J connectivity index is 1.73. The van der Waals surface area contributed by atoms with Gasteiger partial charge >= 0.3 is 0 Å². The molecule has 2 aromatic heterocycles. The lowest BCUT2D eigenvalue weighted by Crippen LogP contribution is -2.14. The van der Waals surface area contributed by atoms with Crippen molar-refractivity contribution in [1.82, 2.24) is 20.3 Å². The number of hydrogen-bond donors (Lipinski definition) is 3. The zero-order valence-electron chi connectivity index (χ0n) is 12.1. The van der Waals surface area contributed by atoms with Crippen LogP contribution in [0.4, 0.5) is 11.8 Å². The highest BCUT2D eigenvalue weighted by Crippen LogP contribution is 2.21. The van der Waals surface area contributed by atoms with Crippen LogP contribution in [0.2, 0.25) is 10.0 Å². The second-order valence-corrected chi connectivity index (χ2v) is 5.82. The van der Waals surface area contributed by atoms with Crippen molar-refractivity contribution < 1.29 is 0 Å². The second-order valence-electron chi connectivity index (χ2n) is 4.98. The number of rotatable bonds is 4. The predicted molar refractivity (Wildman–Crippen MR) is 93.2 cm³/mol. The van der Waals surface area contributed by atoms with E-state index in [1.54, 1.807) is 12.1 Å². The van der Waals surface area contributed by atoms with E-state index in [1.807, 2.05) is 18.2 Å². The van der Waals surface area contributed by atoms with Crippen molar-refractivity contribution in [2.24, 2.45) is 0 Å². The van der Waals surface area contributed by atoms with E-state index < -0.39 is 0 Å². The van der Waals surface area contributed by atoms with Crippen LogP contribution in [-0.2, 0) is 13.1 Å². The Kier molecular flexibility index (Phi) is 4.47. The number of nitrogen functional groups attached to an aromatic ring is 2. The van der Waals surface area contributed by atoms with Crippen molar-refractivity contribution in [2.45, 2.75) is 13.1 Å². The molecule has 0 unspecified atom stereocenters. The number of benzene rings is 1. The lowest BCUT2D eigenvalue weighted by atomic mass is 10.2. The summed E-state index contributed by atoms with van der Waals surface area (Å²) in [6, 6.07) is 9.05. The maximum absolute atomic E-state index is 6.13. The van der Waals surface area contributed by atoms with E-state index in [-0.39, 0.29) is 11.8 Å². The summed E-state index contributed by atoms with van der Waals surface area (Å²) in [5.74, 6) is 0.408. The third-order valence-corrected chi connectivity index (χ3v) is 3.88. The van der Waals surface area contributed by atoms with Gasteiger partial charge in [-0.25, -0.2) is 9.97 Å². The molecule has 23 heavy (non-hydrogen) atoms. The van der Waals surface area contributed by atoms with Gasteiger partial charge < -0.3 is 16.8 Å². The molecule has 0 aliphatic heterocycles. The lowest BCUT2D eigenvalue weighted by molar-refractivity contribution is 0.682. The van der Waals surface area contributed by atoms with Crippen LogP contribution in [0, 0.1) is 0 Å². The van der Waals surface area contributed by atoms with Crippen molar-refractivity contribution in [1.29, 1.82) is 0 Å². The summed E-state index contributed by atoms with van der Waals surface area (Å²) in [4.78, 5) is 12.5. The van der Waals surface area contributed by atoms with Crippen LogP contribution in [0.25, 0.3) is 11.0 Å². The number of nitrogens with one attached hydrogen (secondary N) is 1. The summed E-state index contributed by atoms with van der Waals surface area (Å²) in [7, 11) is 0. The van der Waals surface area contributed by atoms with Crippen molar-refractivity contribution in [2.75, 3.05) is 11.5 Å². The summed E-state index contributed by atoms with van der Waals surface area (Å²) >= 11 is 12.1. The van der Waals surface area contributed by atoms with Gasteiger partial charge in [0.05, 0.1) is 11.2 Å². The van der Waals surface area contributed by atoms with Gasteiger partial charge in [0.2, 0.25) is 5.95 Å². The van der Waals surface area contributed by atoms with E-state index in [2.05, 4.69) is 20.3 Å². The first-order valence-corrected chi connectivity index (χ1v) is 7.62. The molecule has 6 nitrogen and oxygen atoms in total.